The molecule has 1 fully saturated rings. The van der Waals surface area contributed by atoms with Crippen molar-refractivity contribution >= 4 is 11.8 Å². The molecule has 0 spiro atoms. The van der Waals surface area contributed by atoms with Gasteiger partial charge in [-0.05, 0) is 19.3 Å². The summed E-state index contributed by atoms with van der Waals surface area (Å²) in [5.41, 5.74) is -0.938. The molecule has 0 amide bonds. The van der Waals surface area contributed by atoms with Crippen molar-refractivity contribution < 1.29 is 14.3 Å². The van der Waals surface area contributed by atoms with Crippen molar-refractivity contribution in [3.05, 3.63) is 12.7 Å². The van der Waals surface area contributed by atoms with Crippen LogP contribution in [0.25, 0.3) is 0 Å². The lowest BCUT2D eigenvalue weighted by molar-refractivity contribution is -0.158. The summed E-state index contributed by atoms with van der Waals surface area (Å²) in [5.74, 6) is -0.374. The molecule has 0 aromatic heterocycles. The van der Waals surface area contributed by atoms with Crippen LogP contribution in [-0.2, 0) is 14.3 Å². The number of esters is 1. The molecule has 3 nitrogen and oxygen atoms in total. The molecule has 84 valence electrons. The van der Waals surface area contributed by atoms with Gasteiger partial charge in [-0.3, -0.25) is 9.59 Å². The summed E-state index contributed by atoms with van der Waals surface area (Å²) in [6, 6.07) is 0. The van der Waals surface area contributed by atoms with E-state index in [1.54, 1.807) is 6.08 Å². The number of carbonyl (C=O) groups is 2. The lowest BCUT2D eigenvalue weighted by Crippen LogP contribution is -2.39. The monoisotopic (exact) mass is 210 g/mol. The van der Waals surface area contributed by atoms with Crippen molar-refractivity contribution in [1.82, 2.24) is 0 Å². The van der Waals surface area contributed by atoms with Crippen LogP contribution in [0.4, 0.5) is 0 Å². The number of carbonyl (C=O) groups excluding carboxylic acids is 2. The molecule has 1 unspecified atom stereocenters. The van der Waals surface area contributed by atoms with Crippen LogP contribution in [0.2, 0.25) is 0 Å². The van der Waals surface area contributed by atoms with Gasteiger partial charge < -0.3 is 4.74 Å². The Labute approximate surface area is 90.5 Å². The van der Waals surface area contributed by atoms with Crippen molar-refractivity contribution in [2.24, 2.45) is 5.41 Å². The number of hydrogen-bond donors (Lipinski definition) is 0. The normalized spacial score (nSPS) is 26.9. The zero-order valence-electron chi connectivity index (χ0n) is 9.25. The van der Waals surface area contributed by atoms with E-state index in [4.69, 9.17) is 4.74 Å². The molecule has 1 saturated carbocycles. The molecule has 15 heavy (non-hydrogen) atoms. The Morgan fingerprint density at radius 2 is 2.27 bits per heavy atom. The highest BCUT2D eigenvalue weighted by molar-refractivity contribution is 6.04. The molecular weight excluding hydrogens is 192 g/mol. The van der Waals surface area contributed by atoms with Crippen LogP contribution >= 0.6 is 0 Å². The topological polar surface area (TPSA) is 43.4 Å². The van der Waals surface area contributed by atoms with Gasteiger partial charge >= 0.3 is 5.97 Å². The second kappa shape index (κ2) is 5.10. The molecule has 1 rings (SSSR count). The van der Waals surface area contributed by atoms with E-state index in [0.29, 0.717) is 19.3 Å². The highest BCUT2D eigenvalue weighted by atomic mass is 16.5. The number of hydrogen-bond acceptors (Lipinski definition) is 3. The van der Waals surface area contributed by atoms with Crippen molar-refractivity contribution in [3.63, 3.8) is 0 Å². The van der Waals surface area contributed by atoms with Gasteiger partial charge in [0, 0.05) is 6.42 Å². The van der Waals surface area contributed by atoms with Crippen LogP contribution in [-0.4, -0.2) is 18.9 Å². The fourth-order valence-electron chi connectivity index (χ4n) is 2.22. The van der Waals surface area contributed by atoms with Crippen molar-refractivity contribution in [2.45, 2.75) is 38.5 Å². The quantitative estimate of drug-likeness (QED) is 0.310. The summed E-state index contributed by atoms with van der Waals surface area (Å²) in [6.07, 6.45) is 5.94. The largest absolute Gasteiger partial charge is 0.468 e. The maximum Gasteiger partial charge on any atom is 0.319 e. The van der Waals surface area contributed by atoms with Crippen LogP contribution in [0.15, 0.2) is 12.7 Å². The smallest absolute Gasteiger partial charge is 0.319 e. The van der Waals surface area contributed by atoms with Crippen molar-refractivity contribution in [3.8, 4) is 0 Å². The number of methoxy groups -OCH3 is 1. The first-order valence-electron chi connectivity index (χ1n) is 5.40. The standard InChI is InChI=1S/C12H18O3/c1-3-8-12(11(14)15-2)9-6-4-5-7-10(12)13/h3H,1,4-9H2,2H3. The van der Waals surface area contributed by atoms with Crippen LogP contribution in [0.5, 0.6) is 0 Å². The van der Waals surface area contributed by atoms with Gasteiger partial charge in [0.05, 0.1) is 7.11 Å². The molecular formula is C12H18O3. The summed E-state index contributed by atoms with van der Waals surface area (Å²) in [6.45, 7) is 3.62. The third-order valence-electron chi connectivity index (χ3n) is 3.11. The first-order chi connectivity index (χ1) is 7.17. The van der Waals surface area contributed by atoms with E-state index in [-0.39, 0.29) is 5.78 Å². The van der Waals surface area contributed by atoms with Crippen LogP contribution in [0.3, 0.4) is 0 Å². The van der Waals surface area contributed by atoms with Crippen molar-refractivity contribution in [2.75, 3.05) is 7.11 Å². The molecule has 0 aromatic rings. The maximum atomic E-state index is 12.0. The third kappa shape index (κ3) is 2.28. The van der Waals surface area contributed by atoms with E-state index in [1.165, 1.54) is 7.11 Å². The molecule has 0 aromatic carbocycles. The van der Waals surface area contributed by atoms with Gasteiger partial charge in [-0.1, -0.05) is 18.9 Å². The predicted molar refractivity (Wildman–Crippen MR) is 57.4 cm³/mol. The maximum absolute atomic E-state index is 12.0. The van der Waals surface area contributed by atoms with Crippen LogP contribution < -0.4 is 0 Å². The minimum Gasteiger partial charge on any atom is -0.468 e. The zero-order chi connectivity index (χ0) is 11.3. The molecule has 0 radical (unpaired) electrons. The summed E-state index contributed by atoms with van der Waals surface area (Å²) in [7, 11) is 1.34. The fraction of sp³-hybridized carbons (Fsp3) is 0.667. The minimum absolute atomic E-state index is 0.0201. The van der Waals surface area contributed by atoms with Crippen LogP contribution in [0, 0.1) is 5.41 Å². The highest BCUT2D eigenvalue weighted by Crippen LogP contribution is 2.36. The van der Waals surface area contributed by atoms with E-state index < -0.39 is 11.4 Å². The molecule has 0 saturated heterocycles. The predicted octanol–water partition coefficient (Wildman–Crippen LogP) is 2.26. The summed E-state index contributed by atoms with van der Waals surface area (Å²) in [4.78, 5) is 23.7. The average molecular weight is 210 g/mol. The van der Waals surface area contributed by atoms with E-state index >= 15 is 0 Å². The molecule has 3 heteroatoms. The Balaban J connectivity index is 2.98. The molecule has 1 aliphatic carbocycles. The van der Waals surface area contributed by atoms with E-state index in [0.717, 1.165) is 19.3 Å². The van der Waals surface area contributed by atoms with Gasteiger partial charge in [-0.2, -0.15) is 0 Å². The van der Waals surface area contributed by atoms with Gasteiger partial charge in [0.1, 0.15) is 11.2 Å². The summed E-state index contributed by atoms with van der Waals surface area (Å²) in [5, 5.41) is 0. The lowest BCUT2D eigenvalue weighted by atomic mass is 9.76. The Kier molecular flexibility index (Phi) is 4.06. The van der Waals surface area contributed by atoms with Gasteiger partial charge in [-0.15, -0.1) is 6.58 Å². The third-order valence-corrected chi connectivity index (χ3v) is 3.11. The molecule has 1 aliphatic rings. The minimum atomic E-state index is -0.938. The van der Waals surface area contributed by atoms with Gasteiger partial charge in [0.15, 0.2) is 0 Å². The van der Waals surface area contributed by atoms with Crippen molar-refractivity contribution in [1.29, 1.82) is 0 Å². The highest BCUT2D eigenvalue weighted by Gasteiger charge is 2.45. The fourth-order valence-corrected chi connectivity index (χ4v) is 2.22. The molecule has 0 heterocycles. The zero-order valence-corrected chi connectivity index (χ0v) is 9.25. The number of allylic oxidation sites excluding steroid dienone is 1. The van der Waals surface area contributed by atoms with Gasteiger partial charge in [-0.25, -0.2) is 0 Å². The molecule has 0 aliphatic heterocycles. The van der Waals surface area contributed by atoms with Gasteiger partial charge in [0.2, 0.25) is 0 Å². The second-order valence-electron chi connectivity index (χ2n) is 4.05. The Hall–Kier alpha value is -1.12. The van der Waals surface area contributed by atoms with Gasteiger partial charge in [0.25, 0.3) is 0 Å². The Bertz CT molecular complexity index is 270. The molecule has 0 bridgehead atoms. The number of Topliss-reactive ketones (excluding diaryl/α,β-unsaturated/α-hetero) is 1. The Morgan fingerprint density at radius 3 is 2.87 bits per heavy atom. The second-order valence-corrected chi connectivity index (χ2v) is 4.05. The first kappa shape index (κ1) is 12.0. The number of rotatable bonds is 3. The molecule has 0 N–H and O–H groups in total. The van der Waals surface area contributed by atoms with E-state index in [1.807, 2.05) is 0 Å². The van der Waals surface area contributed by atoms with E-state index in [2.05, 4.69) is 6.58 Å². The lowest BCUT2D eigenvalue weighted by Gasteiger charge is -2.26. The Morgan fingerprint density at radius 1 is 1.53 bits per heavy atom. The number of ketones is 1. The molecule has 1 atom stereocenters. The summed E-state index contributed by atoms with van der Waals surface area (Å²) >= 11 is 0. The first-order valence-corrected chi connectivity index (χ1v) is 5.40. The number of ether oxygens (including phenoxy) is 1. The average Bonchev–Trinajstić information content (AvgIpc) is 2.42. The summed E-state index contributed by atoms with van der Waals surface area (Å²) < 4.78 is 4.76. The SMILES string of the molecule is C=CCC1(C(=O)OC)CCCCCC1=O. The van der Waals surface area contributed by atoms with E-state index in [9.17, 15) is 9.59 Å². The van der Waals surface area contributed by atoms with Crippen LogP contribution in [0.1, 0.15) is 38.5 Å².